The topological polar surface area (TPSA) is 24.9 Å². The highest BCUT2D eigenvalue weighted by Crippen LogP contribution is 2.33. The van der Waals surface area contributed by atoms with Gasteiger partial charge in [0.2, 0.25) is 0 Å². The first kappa shape index (κ1) is 14.8. The molecule has 22 heavy (non-hydrogen) atoms. The summed E-state index contributed by atoms with van der Waals surface area (Å²) in [5, 5.41) is 4.41. The van der Waals surface area contributed by atoms with E-state index in [9.17, 15) is 0 Å². The van der Waals surface area contributed by atoms with Crippen molar-refractivity contribution in [2.24, 2.45) is 0 Å². The van der Waals surface area contributed by atoms with Crippen LogP contribution in [-0.2, 0) is 0 Å². The fourth-order valence-electron chi connectivity index (χ4n) is 2.43. The number of nitrogens with one attached hydrogen (secondary N) is 1. The summed E-state index contributed by atoms with van der Waals surface area (Å²) in [6.45, 7) is 8.50. The van der Waals surface area contributed by atoms with Gasteiger partial charge in [0, 0.05) is 16.1 Å². The van der Waals surface area contributed by atoms with Gasteiger partial charge in [-0.3, -0.25) is 0 Å². The second kappa shape index (κ2) is 5.93. The summed E-state index contributed by atoms with van der Waals surface area (Å²) in [4.78, 5) is 6.02. The Morgan fingerprint density at radius 1 is 0.909 bits per heavy atom. The van der Waals surface area contributed by atoms with Crippen molar-refractivity contribution < 1.29 is 0 Å². The van der Waals surface area contributed by atoms with Gasteiger partial charge in [-0.15, -0.1) is 11.3 Å². The SMILES string of the molecule is Cc1ccc(-c2nc(Nc3cccc(C)c3C)sc2C)cc1. The molecule has 3 heteroatoms. The van der Waals surface area contributed by atoms with Crippen LogP contribution in [-0.4, -0.2) is 4.98 Å². The Kier molecular flexibility index (Phi) is 3.99. The maximum absolute atomic E-state index is 4.78. The van der Waals surface area contributed by atoms with Crippen LogP contribution in [0.1, 0.15) is 21.6 Å². The minimum absolute atomic E-state index is 0.946. The first-order valence-electron chi connectivity index (χ1n) is 7.42. The monoisotopic (exact) mass is 308 g/mol. The van der Waals surface area contributed by atoms with E-state index in [-0.39, 0.29) is 0 Å². The van der Waals surface area contributed by atoms with E-state index < -0.39 is 0 Å². The minimum Gasteiger partial charge on any atom is -0.331 e. The van der Waals surface area contributed by atoms with Crippen molar-refractivity contribution >= 4 is 22.2 Å². The zero-order chi connectivity index (χ0) is 15.7. The molecule has 112 valence electrons. The van der Waals surface area contributed by atoms with Crippen molar-refractivity contribution in [3.05, 3.63) is 64.0 Å². The van der Waals surface area contributed by atoms with E-state index in [2.05, 4.69) is 75.5 Å². The van der Waals surface area contributed by atoms with Gasteiger partial charge in [-0.1, -0.05) is 42.0 Å². The molecular formula is C19H20N2S. The van der Waals surface area contributed by atoms with Crippen molar-refractivity contribution in [1.29, 1.82) is 0 Å². The van der Waals surface area contributed by atoms with Gasteiger partial charge >= 0.3 is 0 Å². The van der Waals surface area contributed by atoms with Crippen molar-refractivity contribution in [3.8, 4) is 11.3 Å². The summed E-state index contributed by atoms with van der Waals surface area (Å²) in [5.41, 5.74) is 7.20. The first-order chi connectivity index (χ1) is 10.5. The molecule has 0 aliphatic carbocycles. The molecule has 1 N–H and O–H groups in total. The average Bonchev–Trinajstić information content (AvgIpc) is 2.85. The van der Waals surface area contributed by atoms with E-state index in [4.69, 9.17) is 4.98 Å². The summed E-state index contributed by atoms with van der Waals surface area (Å²) >= 11 is 1.70. The van der Waals surface area contributed by atoms with Crippen LogP contribution >= 0.6 is 11.3 Å². The molecule has 3 rings (SSSR count). The average molecular weight is 308 g/mol. The third kappa shape index (κ3) is 2.90. The number of benzene rings is 2. The zero-order valence-corrected chi connectivity index (χ0v) is 14.2. The predicted molar refractivity (Wildman–Crippen MR) is 96.2 cm³/mol. The van der Waals surface area contributed by atoms with E-state index >= 15 is 0 Å². The molecule has 2 nitrogen and oxygen atoms in total. The molecule has 1 heterocycles. The van der Waals surface area contributed by atoms with Crippen molar-refractivity contribution in [2.45, 2.75) is 27.7 Å². The highest BCUT2D eigenvalue weighted by Gasteiger charge is 2.11. The molecule has 3 aromatic rings. The van der Waals surface area contributed by atoms with Gasteiger partial charge in [0.15, 0.2) is 5.13 Å². The number of aryl methyl sites for hydroxylation is 3. The Bertz CT molecular complexity index is 801. The van der Waals surface area contributed by atoms with Crippen molar-refractivity contribution in [3.63, 3.8) is 0 Å². The molecule has 0 saturated carbocycles. The van der Waals surface area contributed by atoms with Crippen LogP contribution in [0.5, 0.6) is 0 Å². The summed E-state index contributed by atoms with van der Waals surface area (Å²) in [6, 6.07) is 14.8. The van der Waals surface area contributed by atoms with Crippen molar-refractivity contribution in [1.82, 2.24) is 4.98 Å². The van der Waals surface area contributed by atoms with Gasteiger partial charge in [0.1, 0.15) is 0 Å². The van der Waals surface area contributed by atoms with E-state index in [1.54, 1.807) is 11.3 Å². The number of hydrogen-bond donors (Lipinski definition) is 1. The Morgan fingerprint density at radius 2 is 1.64 bits per heavy atom. The van der Waals surface area contributed by atoms with Gasteiger partial charge in [0.05, 0.1) is 5.69 Å². The van der Waals surface area contributed by atoms with Crippen LogP contribution in [0, 0.1) is 27.7 Å². The molecule has 0 amide bonds. The third-order valence-electron chi connectivity index (χ3n) is 3.97. The molecule has 0 spiro atoms. The molecule has 0 atom stereocenters. The van der Waals surface area contributed by atoms with Crippen LogP contribution < -0.4 is 5.32 Å². The second-order valence-electron chi connectivity index (χ2n) is 5.66. The molecule has 1 aromatic heterocycles. The second-order valence-corrected chi connectivity index (χ2v) is 6.87. The molecular weight excluding hydrogens is 288 g/mol. The number of anilines is 2. The number of thiazole rings is 1. The van der Waals surface area contributed by atoms with E-state index in [0.29, 0.717) is 0 Å². The number of rotatable bonds is 3. The van der Waals surface area contributed by atoms with Gasteiger partial charge in [-0.25, -0.2) is 4.98 Å². The molecule has 0 radical (unpaired) electrons. The first-order valence-corrected chi connectivity index (χ1v) is 8.24. The quantitative estimate of drug-likeness (QED) is 0.662. The molecule has 0 saturated heterocycles. The standard InChI is InChI=1S/C19H20N2S/c1-12-8-10-16(11-9-12)18-15(4)22-19(21-18)20-17-7-5-6-13(2)14(17)3/h5-11H,1-4H3,(H,20,21). The van der Waals surface area contributed by atoms with E-state index in [0.717, 1.165) is 16.5 Å². The van der Waals surface area contributed by atoms with Gasteiger partial charge < -0.3 is 5.32 Å². The van der Waals surface area contributed by atoms with Crippen LogP contribution in [0.15, 0.2) is 42.5 Å². The molecule has 0 bridgehead atoms. The molecule has 0 aliphatic heterocycles. The van der Waals surface area contributed by atoms with Gasteiger partial charge in [-0.05, 0) is 44.9 Å². The van der Waals surface area contributed by atoms with E-state index in [1.807, 2.05) is 0 Å². The Balaban J connectivity index is 1.92. The largest absolute Gasteiger partial charge is 0.331 e. The van der Waals surface area contributed by atoms with Crippen LogP contribution in [0.2, 0.25) is 0 Å². The molecule has 2 aromatic carbocycles. The summed E-state index contributed by atoms with van der Waals surface area (Å²) in [7, 11) is 0. The van der Waals surface area contributed by atoms with E-state index in [1.165, 1.54) is 27.1 Å². The lowest BCUT2D eigenvalue weighted by molar-refractivity contribution is 1.31. The van der Waals surface area contributed by atoms with Crippen LogP contribution in [0.3, 0.4) is 0 Å². The Hall–Kier alpha value is -2.13. The summed E-state index contributed by atoms with van der Waals surface area (Å²) < 4.78 is 0. The fourth-order valence-corrected chi connectivity index (χ4v) is 3.28. The lowest BCUT2D eigenvalue weighted by atomic mass is 10.1. The van der Waals surface area contributed by atoms with Crippen LogP contribution in [0.4, 0.5) is 10.8 Å². The fraction of sp³-hybridized carbons (Fsp3) is 0.211. The highest BCUT2D eigenvalue weighted by atomic mass is 32.1. The lowest BCUT2D eigenvalue weighted by Crippen LogP contribution is -1.94. The zero-order valence-electron chi connectivity index (χ0n) is 13.4. The molecule has 0 aliphatic rings. The maximum Gasteiger partial charge on any atom is 0.187 e. The summed E-state index contributed by atoms with van der Waals surface area (Å²) in [6.07, 6.45) is 0. The maximum atomic E-state index is 4.78. The molecule has 0 fully saturated rings. The minimum atomic E-state index is 0.946. The van der Waals surface area contributed by atoms with Crippen LogP contribution in [0.25, 0.3) is 11.3 Å². The van der Waals surface area contributed by atoms with Crippen molar-refractivity contribution in [2.75, 3.05) is 5.32 Å². The Morgan fingerprint density at radius 3 is 2.36 bits per heavy atom. The predicted octanol–water partition coefficient (Wildman–Crippen LogP) is 5.79. The normalized spacial score (nSPS) is 10.7. The van der Waals surface area contributed by atoms with Gasteiger partial charge in [0.25, 0.3) is 0 Å². The van der Waals surface area contributed by atoms with Gasteiger partial charge in [-0.2, -0.15) is 0 Å². The third-order valence-corrected chi connectivity index (χ3v) is 4.85. The summed E-state index contributed by atoms with van der Waals surface area (Å²) in [5.74, 6) is 0. The smallest absolute Gasteiger partial charge is 0.187 e. The lowest BCUT2D eigenvalue weighted by Gasteiger charge is -2.08. The Labute approximate surface area is 135 Å². The number of nitrogens with zero attached hydrogens (tertiary/aromatic N) is 1. The number of aromatic nitrogens is 1. The highest BCUT2D eigenvalue weighted by molar-refractivity contribution is 7.16. The molecule has 0 unspecified atom stereocenters. The number of hydrogen-bond acceptors (Lipinski definition) is 3.